The Balaban J connectivity index is -0.000000158. The first-order valence-electron chi connectivity index (χ1n) is 3.95. The Morgan fingerprint density at radius 2 is 1.10 bits per heavy atom. The van der Waals surface area contributed by atoms with E-state index >= 15 is 0 Å². The van der Waals surface area contributed by atoms with Gasteiger partial charge in [-0.1, -0.05) is 0 Å². The zero-order valence-electron chi connectivity index (χ0n) is 10.0. The first-order valence-corrected chi connectivity index (χ1v) is 5.52. The van der Waals surface area contributed by atoms with Gasteiger partial charge >= 0.3 is 55.3 Å². The molecule has 7 N–H and O–H groups in total. The monoisotopic (exact) mass is 348 g/mol. The Morgan fingerprint density at radius 1 is 0.900 bits per heavy atom. The standard InChI is InChI=1S/C6H8O7.ClH.Na.H3O4P/c7-3(8)1-6(13,5(11)12)2-4(9)10;;;1-5(2,3)4/h13H,1-2H2,(H,7,8)(H,9,10)(H,11,12);1H;;(H3,1,2,3,4)/q;;+1;/p-1. The van der Waals surface area contributed by atoms with Crippen molar-refractivity contribution >= 4 is 25.7 Å². The minimum atomic E-state index is -4.64. The number of carbonyl (C=O) groups is 3. The quantitative estimate of drug-likeness (QED) is 0.183. The molecule has 0 aromatic rings. The van der Waals surface area contributed by atoms with Crippen molar-refractivity contribution in [3.63, 3.8) is 0 Å². The number of carboxylic acid groups (broad SMARTS) is 3. The van der Waals surface area contributed by atoms with Crippen molar-refractivity contribution in [2.24, 2.45) is 0 Å². The number of hydrogen-bond acceptors (Lipinski definition) is 5. The van der Waals surface area contributed by atoms with Crippen LogP contribution in [0.1, 0.15) is 12.8 Å². The van der Waals surface area contributed by atoms with Gasteiger partial charge in [0.05, 0.1) is 12.8 Å². The van der Waals surface area contributed by atoms with Gasteiger partial charge in [-0.05, 0) is 0 Å². The van der Waals surface area contributed by atoms with Crippen LogP contribution in [0, 0.1) is 0 Å². The van der Waals surface area contributed by atoms with Crippen molar-refractivity contribution in [1.82, 2.24) is 0 Å². The van der Waals surface area contributed by atoms with Crippen molar-refractivity contribution < 1.29 is 96.0 Å². The second-order valence-corrected chi connectivity index (χ2v) is 4.02. The van der Waals surface area contributed by atoms with Crippen LogP contribution in [0.5, 0.6) is 0 Å². The molecule has 0 aromatic heterocycles. The summed E-state index contributed by atoms with van der Waals surface area (Å²) in [4.78, 5) is 52.0. The molecule has 20 heavy (non-hydrogen) atoms. The van der Waals surface area contributed by atoms with Crippen LogP contribution < -0.4 is 42.0 Å². The Bertz CT molecular complexity index is 355. The minimum Gasteiger partial charge on any atom is -1.00 e. The van der Waals surface area contributed by atoms with Crippen LogP contribution in [0.2, 0.25) is 0 Å². The van der Waals surface area contributed by atoms with Crippen molar-refractivity contribution in [3.8, 4) is 0 Å². The summed E-state index contributed by atoms with van der Waals surface area (Å²) in [6.45, 7) is 0. The Morgan fingerprint density at radius 3 is 1.20 bits per heavy atom. The molecule has 0 spiro atoms. The van der Waals surface area contributed by atoms with E-state index in [4.69, 9.17) is 39.7 Å². The summed E-state index contributed by atoms with van der Waals surface area (Å²) in [6, 6.07) is 0. The van der Waals surface area contributed by atoms with Gasteiger partial charge in [0.1, 0.15) is 0 Å². The normalized spacial score (nSPS) is 10.0. The van der Waals surface area contributed by atoms with Gasteiger partial charge in [-0.15, -0.1) is 0 Å². The SMILES string of the molecule is O=C(O)CC(O)(CC(=O)O)C(=O)O.O=P(O)(O)O.[Cl-].[Na+]. The van der Waals surface area contributed by atoms with Crippen LogP contribution in [0.15, 0.2) is 0 Å². The molecule has 0 amide bonds. The average molecular weight is 349 g/mol. The van der Waals surface area contributed by atoms with Crippen molar-refractivity contribution in [2.75, 3.05) is 0 Å². The molecule has 0 bridgehead atoms. The molecular weight excluding hydrogens is 337 g/mol. The zero-order chi connectivity index (χ0) is 15.1. The number of phosphoric acid groups is 1. The second-order valence-electron chi connectivity index (χ2n) is 2.99. The Hall–Kier alpha value is -0.230. The number of carboxylic acids is 3. The third-order valence-corrected chi connectivity index (χ3v) is 1.29. The third kappa shape index (κ3) is 20.1. The van der Waals surface area contributed by atoms with Crippen LogP contribution in [0.25, 0.3) is 0 Å². The molecule has 11 nitrogen and oxygen atoms in total. The predicted molar refractivity (Wildman–Crippen MR) is 51.4 cm³/mol. The smallest absolute Gasteiger partial charge is 1.00 e. The molecule has 0 heterocycles. The number of hydrogen-bond donors (Lipinski definition) is 7. The summed E-state index contributed by atoms with van der Waals surface area (Å²) in [5.41, 5.74) is -2.74. The fraction of sp³-hybridized carbons (Fsp3) is 0.500. The van der Waals surface area contributed by atoms with E-state index < -0.39 is 44.2 Å². The molecule has 0 atom stereocenters. The fourth-order valence-electron chi connectivity index (χ4n) is 0.714. The largest absolute Gasteiger partial charge is 1.00 e. The zero-order valence-corrected chi connectivity index (χ0v) is 13.7. The van der Waals surface area contributed by atoms with Crippen LogP contribution in [-0.2, 0) is 18.9 Å². The van der Waals surface area contributed by atoms with Gasteiger partial charge in [0.2, 0.25) is 0 Å². The summed E-state index contributed by atoms with van der Waals surface area (Å²) in [6.07, 6.45) is -2.29. The summed E-state index contributed by atoms with van der Waals surface area (Å²) < 4.78 is 8.88. The Labute approximate surface area is 140 Å². The van der Waals surface area contributed by atoms with E-state index in [1.807, 2.05) is 0 Å². The van der Waals surface area contributed by atoms with E-state index in [1.165, 1.54) is 0 Å². The molecule has 114 valence electrons. The van der Waals surface area contributed by atoms with E-state index in [9.17, 15) is 14.4 Å². The maximum absolute atomic E-state index is 10.3. The molecule has 0 aliphatic heterocycles. The number of aliphatic carboxylic acids is 3. The van der Waals surface area contributed by atoms with Crippen molar-refractivity contribution in [3.05, 3.63) is 0 Å². The van der Waals surface area contributed by atoms with Crippen LogP contribution in [0.3, 0.4) is 0 Å². The second kappa shape index (κ2) is 11.4. The van der Waals surface area contributed by atoms with Gasteiger partial charge in [-0.2, -0.15) is 0 Å². The van der Waals surface area contributed by atoms with E-state index in [2.05, 4.69) is 0 Å². The molecule has 0 saturated heterocycles. The van der Waals surface area contributed by atoms with Crippen molar-refractivity contribution in [1.29, 1.82) is 0 Å². The first-order chi connectivity index (χ1) is 7.78. The van der Waals surface area contributed by atoms with E-state index in [0.717, 1.165) is 0 Å². The summed E-state index contributed by atoms with van der Waals surface area (Å²) in [5.74, 6) is -5.02. The van der Waals surface area contributed by atoms with Gasteiger partial charge < -0.3 is 47.5 Å². The third-order valence-electron chi connectivity index (χ3n) is 1.29. The van der Waals surface area contributed by atoms with Gasteiger partial charge in [0.25, 0.3) is 0 Å². The van der Waals surface area contributed by atoms with Crippen LogP contribution >= 0.6 is 7.82 Å². The van der Waals surface area contributed by atoms with Gasteiger partial charge in [-0.3, -0.25) is 9.59 Å². The molecule has 0 aliphatic carbocycles. The molecule has 0 radical (unpaired) electrons. The van der Waals surface area contributed by atoms with Gasteiger partial charge in [-0.25, -0.2) is 9.36 Å². The molecule has 0 saturated carbocycles. The number of halogens is 1. The molecule has 14 heteroatoms. The maximum atomic E-state index is 10.3. The maximum Gasteiger partial charge on any atom is 1.00 e. The fourth-order valence-corrected chi connectivity index (χ4v) is 0.714. The van der Waals surface area contributed by atoms with E-state index in [-0.39, 0.29) is 42.0 Å². The molecule has 0 unspecified atom stereocenters. The van der Waals surface area contributed by atoms with Crippen LogP contribution in [-0.4, -0.2) is 58.6 Å². The van der Waals surface area contributed by atoms with Crippen molar-refractivity contribution in [2.45, 2.75) is 18.4 Å². The summed E-state index contributed by atoms with van der Waals surface area (Å²) in [5, 5.41) is 33.8. The van der Waals surface area contributed by atoms with E-state index in [1.54, 1.807) is 0 Å². The Kier molecular flexibility index (Phi) is 16.0. The van der Waals surface area contributed by atoms with Crippen LogP contribution in [0.4, 0.5) is 0 Å². The molecule has 0 fully saturated rings. The minimum absolute atomic E-state index is 0. The number of aliphatic hydroxyl groups is 1. The number of rotatable bonds is 5. The topological polar surface area (TPSA) is 210 Å². The average Bonchev–Trinajstić information content (AvgIpc) is 1.95. The summed E-state index contributed by atoms with van der Waals surface area (Å²) in [7, 11) is -4.64. The molecule has 0 aromatic carbocycles. The molecular formula is C6H11ClNaO11P. The predicted octanol–water partition coefficient (Wildman–Crippen LogP) is -8.17. The molecule has 0 rings (SSSR count). The van der Waals surface area contributed by atoms with Gasteiger partial charge in [0.15, 0.2) is 5.60 Å². The summed E-state index contributed by atoms with van der Waals surface area (Å²) >= 11 is 0. The first kappa shape index (κ1) is 28.0. The molecule has 0 aliphatic rings. The van der Waals surface area contributed by atoms with E-state index in [0.29, 0.717) is 0 Å². The van der Waals surface area contributed by atoms with Gasteiger partial charge in [0, 0.05) is 0 Å².